The van der Waals surface area contributed by atoms with E-state index < -0.39 is 0 Å². The smallest absolute Gasteiger partial charge is 0.254 e. The van der Waals surface area contributed by atoms with Crippen LogP contribution in [0.2, 0.25) is 0 Å². The number of fused-ring (bicyclic) bond motifs is 1. The number of carbonyl (C=O) groups excluding carboxylic acids is 1. The molecule has 2 heterocycles. The Hall–Kier alpha value is -2.23. The van der Waals surface area contributed by atoms with E-state index in [1.54, 1.807) is 4.90 Å². The highest BCUT2D eigenvalue weighted by atomic mass is 16.2. The van der Waals surface area contributed by atoms with Gasteiger partial charge in [0.1, 0.15) is 5.82 Å². The van der Waals surface area contributed by atoms with Crippen LogP contribution in [0, 0.1) is 6.92 Å². The van der Waals surface area contributed by atoms with Crippen molar-refractivity contribution in [1.82, 2.24) is 14.9 Å². The molecular weight excluding hydrogens is 262 g/mol. The summed E-state index contributed by atoms with van der Waals surface area (Å²) in [5, 5.41) is 0. The highest BCUT2D eigenvalue weighted by Crippen LogP contribution is 2.27. The van der Waals surface area contributed by atoms with Crippen LogP contribution in [0.15, 0.2) is 24.3 Å². The second-order valence-corrected chi connectivity index (χ2v) is 5.59. The summed E-state index contributed by atoms with van der Waals surface area (Å²) in [7, 11) is 1.83. The van der Waals surface area contributed by atoms with Crippen molar-refractivity contribution in [2.24, 2.45) is 0 Å². The predicted octanol–water partition coefficient (Wildman–Crippen LogP) is 2.99. The van der Waals surface area contributed by atoms with Gasteiger partial charge in [0.2, 0.25) is 0 Å². The number of amides is 1. The fraction of sp³-hybridized carbons (Fsp3) is 0.353. The van der Waals surface area contributed by atoms with Gasteiger partial charge in [-0.3, -0.25) is 4.79 Å². The first-order chi connectivity index (χ1) is 10.1. The Morgan fingerprint density at radius 1 is 1.24 bits per heavy atom. The Labute approximate surface area is 124 Å². The van der Waals surface area contributed by atoms with E-state index in [1.165, 1.54) is 0 Å². The van der Waals surface area contributed by atoms with Crippen LogP contribution >= 0.6 is 0 Å². The molecule has 1 aliphatic rings. The number of carbonyl (C=O) groups is 1. The molecule has 108 valence electrons. The van der Waals surface area contributed by atoms with Crippen LogP contribution in [0.3, 0.4) is 0 Å². The fourth-order valence-electron chi connectivity index (χ4n) is 2.74. The van der Waals surface area contributed by atoms with Gasteiger partial charge < -0.3 is 4.90 Å². The van der Waals surface area contributed by atoms with Crippen LogP contribution < -0.4 is 0 Å². The molecule has 0 unspecified atom stereocenters. The van der Waals surface area contributed by atoms with Crippen molar-refractivity contribution in [2.75, 3.05) is 7.05 Å². The summed E-state index contributed by atoms with van der Waals surface area (Å²) in [6.45, 7) is 4.80. The van der Waals surface area contributed by atoms with Crippen molar-refractivity contribution in [3.63, 3.8) is 0 Å². The number of hydrogen-bond donors (Lipinski definition) is 0. The van der Waals surface area contributed by atoms with Crippen LogP contribution in [-0.4, -0.2) is 27.8 Å². The standard InChI is InChI=1S/C17H19N3O/c1-4-5-16-18-11(2)8-15(19-16)12-6-7-14-13(9-12)10-20(3)17(14)21/h6-9H,4-5,10H2,1-3H3. The normalized spacial score (nSPS) is 13.7. The third kappa shape index (κ3) is 2.53. The van der Waals surface area contributed by atoms with Crippen molar-refractivity contribution in [2.45, 2.75) is 33.2 Å². The second-order valence-electron chi connectivity index (χ2n) is 5.59. The number of benzene rings is 1. The maximum absolute atomic E-state index is 11.9. The molecule has 0 aliphatic carbocycles. The first-order valence-corrected chi connectivity index (χ1v) is 7.32. The van der Waals surface area contributed by atoms with Crippen molar-refractivity contribution < 1.29 is 4.79 Å². The van der Waals surface area contributed by atoms with Crippen molar-refractivity contribution in [3.05, 3.63) is 46.9 Å². The van der Waals surface area contributed by atoms with Crippen LogP contribution in [-0.2, 0) is 13.0 Å². The molecule has 2 aromatic rings. The summed E-state index contributed by atoms with van der Waals surface area (Å²) in [4.78, 5) is 22.8. The minimum Gasteiger partial charge on any atom is -0.337 e. The highest BCUT2D eigenvalue weighted by Gasteiger charge is 2.24. The summed E-state index contributed by atoms with van der Waals surface area (Å²) in [5.74, 6) is 0.989. The Bertz CT molecular complexity index is 709. The summed E-state index contributed by atoms with van der Waals surface area (Å²) < 4.78 is 0. The van der Waals surface area contributed by atoms with Gasteiger partial charge in [-0.25, -0.2) is 9.97 Å². The molecule has 4 nitrogen and oxygen atoms in total. The fourth-order valence-corrected chi connectivity index (χ4v) is 2.74. The molecule has 0 N–H and O–H groups in total. The molecule has 0 saturated heterocycles. The SMILES string of the molecule is CCCc1nc(C)cc(-c2ccc3c(c2)CN(C)C3=O)n1. The highest BCUT2D eigenvalue weighted by molar-refractivity contribution is 5.98. The van der Waals surface area contributed by atoms with E-state index in [9.17, 15) is 4.79 Å². The van der Waals surface area contributed by atoms with Gasteiger partial charge in [0.15, 0.2) is 0 Å². The van der Waals surface area contributed by atoms with Crippen molar-refractivity contribution in [1.29, 1.82) is 0 Å². The third-order valence-corrected chi connectivity index (χ3v) is 3.76. The van der Waals surface area contributed by atoms with Gasteiger partial charge in [-0.15, -0.1) is 0 Å². The van der Waals surface area contributed by atoms with E-state index in [0.717, 1.165) is 46.7 Å². The van der Waals surface area contributed by atoms with Crippen LogP contribution in [0.5, 0.6) is 0 Å². The molecule has 21 heavy (non-hydrogen) atoms. The van der Waals surface area contributed by atoms with Crippen molar-refractivity contribution >= 4 is 5.91 Å². The van der Waals surface area contributed by atoms with E-state index in [0.29, 0.717) is 6.54 Å². The second kappa shape index (κ2) is 5.28. The number of hydrogen-bond acceptors (Lipinski definition) is 3. The maximum Gasteiger partial charge on any atom is 0.254 e. The molecule has 3 rings (SSSR count). The van der Waals surface area contributed by atoms with Gasteiger partial charge in [-0.05, 0) is 37.1 Å². The topological polar surface area (TPSA) is 46.1 Å². The molecule has 0 radical (unpaired) electrons. The number of aromatic nitrogens is 2. The molecule has 1 aromatic carbocycles. The molecule has 4 heteroatoms. The largest absolute Gasteiger partial charge is 0.337 e. The average molecular weight is 281 g/mol. The van der Waals surface area contributed by atoms with Crippen LogP contribution in [0.1, 0.15) is 40.8 Å². The molecular formula is C17H19N3O. The molecule has 0 spiro atoms. The Morgan fingerprint density at radius 2 is 2.05 bits per heavy atom. The van der Waals surface area contributed by atoms with Gasteiger partial charge in [-0.1, -0.05) is 13.0 Å². The number of aryl methyl sites for hydroxylation is 2. The first-order valence-electron chi connectivity index (χ1n) is 7.32. The monoisotopic (exact) mass is 281 g/mol. The summed E-state index contributed by atoms with van der Waals surface area (Å²) in [6.07, 6.45) is 1.92. The zero-order chi connectivity index (χ0) is 15.0. The van der Waals surface area contributed by atoms with E-state index in [1.807, 2.05) is 32.2 Å². The van der Waals surface area contributed by atoms with E-state index in [-0.39, 0.29) is 5.91 Å². The summed E-state index contributed by atoms with van der Waals surface area (Å²) in [6, 6.07) is 7.97. The zero-order valence-electron chi connectivity index (χ0n) is 12.7. The molecule has 0 atom stereocenters. The van der Waals surface area contributed by atoms with Crippen LogP contribution in [0.4, 0.5) is 0 Å². The lowest BCUT2D eigenvalue weighted by molar-refractivity contribution is 0.0816. The summed E-state index contributed by atoms with van der Waals surface area (Å²) >= 11 is 0. The van der Waals surface area contributed by atoms with Gasteiger partial charge in [0, 0.05) is 36.8 Å². The van der Waals surface area contributed by atoms with Gasteiger partial charge >= 0.3 is 0 Å². The lowest BCUT2D eigenvalue weighted by atomic mass is 10.0. The van der Waals surface area contributed by atoms with E-state index >= 15 is 0 Å². The molecule has 0 fully saturated rings. The summed E-state index contributed by atoms with van der Waals surface area (Å²) in [5.41, 5.74) is 4.86. The predicted molar refractivity (Wildman–Crippen MR) is 82.0 cm³/mol. The van der Waals surface area contributed by atoms with E-state index in [2.05, 4.69) is 23.0 Å². The Morgan fingerprint density at radius 3 is 2.81 bits per heavy atom. The van der Waals surface area contributed by atoms with Gasteiger partial charge in [0.25, 0.3) is 5.91 Å². The van der Waals surface area contributed by atoms with Crippen LogP contribution in [0.25, 0.3) is 11.3 Å². The quantitative estimate of drug-likeness (QED) is 0.869. The van der Waals surface area contributed by atoms with Gasteiger partial charge in [0.05, 0.1) is 5.69 Å². The molecule has 1 aromatic heterocycles. The van der Waals surface area contributed by atoms with Crippen molar-refractivity contribution in [3.8, 4) is 11.3 Å². The number of rotatable bonds is 3. The molecule has 0 bridgehead atoms. The van der Waals surface area contributed by atoms with E-state index in [4.69, 9.17) is 0 Å². The Kier molecular flexibility index (Phi) is 3.45. The van der Waals surface area contributed by atoms with Gasteiger partial charge in [-0.2, -0.15) is 0 Å². The molecule has 1 aliphatic heterocycles. The third-order valence-electron chi connectivity index (χ3n) is 3.76. The average Bonchev–Trinajstić information content (AvgIpc) is 2.73. The zero-order valence-corrected chi connectivity index (χ0v) is 12.7. The maximum atomic E-state index is 11.9. The minimum atomic E-state index is 0.0992. The lowest BCUT2D eigenvalue weighted by Gasteiger charge is -2.07. The number of nitrogens with zero attached hydrogens (tertiary/aromatic N) is 3. The lowest BCUT2D eigenvalue weighted by Crippen LogP contribution is -2.17. The molecule has 1 amide bonds. The first kappa shape index (κ1) is 13.7. The molecule has 0 saturated carbocycles. The minimum absolute atomic E-state index is 0.0992. The Balaban J connectivity index is 2.02.